The lowest BCUT2D eigenvalue weighted by atomic mass is 9.76. The van der Waals surface area contributed by atoms with Crippen LogP contribution in [0.15, 0.2) is 0 Å². The number of rotatable bonds is 21. The van der Waals surface area contributed by atoms with E-state index in [0.29, 0.717) is 13.2 Å². The average molecular weight is 457 g/mol. The van der Waals surface area contributed by atoms with Crippen LogP contribution in [0.2, 0.25) is 0 Å². The monoisotopic (exact) mass is 456 g/mol. The summed E-state index contributed by atoms with van der Waals surface area (Å²) in [6, 6.07) is 0. The summed E-state index contributed by atoms with van der Waals surface area (Å²) in [4.78, 5) is 0. The topological polar surface area (TPSA) is 27.7 Å². The van der Waals surface area contributed by atoms with Gasteiger partial charge in [-0.2, -0.15) is 0 Å². The largest absolute Gasteiger partial charge is 0.373 e. The molecule has 0 aromatic rings. The minimum atomic E-state index is -0.0810. The quantitative estimate of drug-likeness (QED) is 0.104. The molecule has 192 valence electrons. The first-order chi connectivity index (χ1) is 15.5. The van der Waals surface area contributed by atoms with Crippen molar-refractivity contribution in [3.63, 3.8) is 0 Å². The van der Waals surface area contributed by atoms with Gasteiger partial charge in [0.05, 0.1) is 47.6 Å². The molecule has 1 fully saturated rings. The van der Waals surface area contributed by atoms with Crippen LogP contribution in [0.4, 0.5) is 0 Å². The van der Waals surface area contributed by atoms with Gasteiger partial charge in [-0.15, -0.1) is 0 Å². The van der Waals surface area contributed by atoms with Gasteiger partial charge in [-0.05, 0) is 24.7 Å². The molecule has 0 radical (unpaired) electrons. The molecule has 0 heterocycles. The lowest BCUT2D eigenvalue weighted by molar-refractivity contribution is -0.870. The fraction of sp³-hybridized carbons (Fsp3) is 1.00. The molecule has 1 saturated carbocycles. The highest BCUT2D eigenvalue weighted by Gasteiger charge is 2.23. The summed E-state index contributed by atoms with van der Waals surface area (Å²) in [5.41, 5.74) is 0. The van der Waals surface area contributed by atoms with Crippen LogP contribution in [0, 0.1) is 11.8 Å². The zero-order valence-electron chi connectivity index (χ0n) is 22.5. The van der Waals surface area contributed by atoms with Gasteiger partial charge in [-0.1, -0.05) is 97.3 Å². The molecular weight excluding hydrogens is 398 g/mol. The molecule has 0 amide bonds. The van der Waals surface area contributed by atoms with E-state index in [1.165, 1.54) is 89.9 Å². The summed E-state index contributed by atoms with van der Waals surface area (Å²) in [6.07, 6.45) is 20.5. The van der Waals surface area contributed by atoms with Gasteiger partial charge < -0.3 is 18.7 Å². The summed E-state index contributed by atoms with van der Waals surface area (Å²) in [5, 5.41) is 0. The lowest BCUT2D eigenvalue weighted by Gasteiger charge is -2.31. The molecular formula is C28H58NO3+. The van der Waals surface area contributed by atoms with Gasteiger partial charge in [-0.25, -0.2) is 0 Å². The second kappa shape index (κ2) is 19.2. The standard InChI is InChI=1S/C28H58NO3/c1-6-8-9-10-11-12-14-19-27(26-17-15-13-16-18-26)20-22-31-28(7-2)32-25-24-30-23-21-29(3,4)5/h26-28H,6-25H2,1-5H3/q+1. The minimum Gasteiger partial charge on any atom is -0.373 e. The number of likely N-dealkylation sites (N-methyl/N-ethyl adjacent to an activating group) is 1. The van der Waals surface area contributed by atoms with Crippen LogP contribution in [0.1, 0.15) is 110 Å². The molecule has 0 bridgehead atoms. The predicted molar refractivity (Wildman–Crippen MR) is 137 cm³/mol. The van der Waals surface area contributed by atoms with Crippen molar-refractivity contribution in [2.45, 2.75) is 116 Å². The number of hydrogen-bond donors (Lipinski definition) is 0. The van der Waals surface area contributed by atoms with Crippen molar-refractivity contribution in [1.82, 2.24) is 0 Å². The van der Waals surface area contributed by atoms with Gasteiger partial charge in [0.2, 0.25) is 0 Å². The maximum Gasteiger partial charge on any atom is 0.157 e. The maximum atomic E-state index is 6.16. The van der Waals surface area contributed by atoms with Crippen molar-refractivity contribution in [2.24, 2.45) is 11.8 Å². The second-order valence-electron chi connectivity index (χ2n) is 11.1. The first kappa shape index (κ1) is 29.9. The zero-order valence-corrected chi connectivity index (χ0v) is 22.5. The van der Waals surface area contributed by atoms with E-state index in [0.717, 1.165) is 42.5 Å². The first-order valence-electron chi connectivity index (χ1n) is 14.1. The van der Waals surface area contributed by atoms with Crippen LogP contribution in [0.3, 0.4) is 0 Å². The number of hydrogen-bond acceptors (Lipinski definition) is 3. The number of quaternary nitrogens is 1. The fourth-order valence-electron chi connectivity index (χ4n) is 4.90. The Morgan fingerprint density at radius 1 is 0.719 bits per heavy atom. The van der Waals surface area contributed by atoms with E-state index in [-0.39, 0.29) is 6.29 Å². The Morgan fingerprint density at radius 2 is 1.38 bits per heavy atom. The molecule has 1 rings (SSSR count). The van der Waals surface area contributed by atoms with Crippen molar-refractivity contribution in [2.75, 3.05) is 54.1 Å². The zero-order chi connectivity index (χ0) is 23.5. The van der Waals surface area contributed by atoms with Crippen molar-refractivity contribution in [3.8, 4) is 0 Å². The molecule has 32 heavy (non-hydrogen) atoms. The molecule has 2 atom stereocenters. The Labute approximate surface area is 201 Å². The fourth-order valence-corrected chi connectivity index (χ4v) is 4.90. The van der Waals surface area contributed by atoms with E-state index in [1.807, 2.05) is 0 Å². The Kier molecular flexibility index (Phi) is 17.9. The highest BCUT2D eigenvalue weighted by Crippen LogP contribution is 2.35. The Morgan fingerprint density at radius 3 is 2.03 bits per heavy atom. The SMILES string of the molecule is CCCCCCCCCC(CCOC(CC)OCCOCC[N+](C)(C)C)C1CCCCC1. The van der Waals surface area contributed by atoms with Gasteiger partial charge in [-0.3, -0.25) is 0 Å². The maximum absolute atomic E-state index is 6.16. The molecule has 2 unspecified atom stereocenters. The van der Waals surface area contributed by atoms with Crippen LogP contribution in [0.25, 0.3) is 0 Å². The van der Waals surface area contributed by atoms with Crippen molar-refractivity contribution >= 4 is 0 Å². The molecule has 0 saturated heterocycles. The summed E-state index contributed by atoms with van der Waals surface area (Å²) < 4.78 is 18.8. The predicted octanol–water partition coefficient (Wildman–Crippen LogP) is 7.21. The Bertz CT molecular complexity index is 404. The van der Waals surface area contributed by atoms with E-state index >= 15 is 0 Å². The van der Waals surface area contributed by atoms with E-state index in [1.54, 1.807) is 0 Å². The molecule has 4 heteroatoms. The van der Waals surface area contributed by atoms with Crippen LogP contribution in [0.5, 0.6) is 0 Å². The molecule has 1 aliphatic carbocycles. The first-order valence-corrected chi connectivity index (χ1v) is 14.1. The van der Waals surface area contributed by atoms with Crippen LogP contribution in [-0.4, -0.2) is 64.9 Å². The van der Waals surface area contributed by atoms with Crippen molar-refractivity contribution in [3.05, 3.63) is 0 Å². The summed E-state index contributed by atoms with van der Waals surface area (Å²) in [5.74, 6) is 1.78. The molecule has 0 N–H and O–H groups in total. The number of ether oxygens (including phenoxy) is 3. The van der Waals surface area contributed by atoms with E-state index in [2.05, 4.69) is 35.0 Å². The van der Waals surface area contributed by atoms with E-state index in [9.17, 15) is 0 Å². The van der Waals surface area contributed by atoms with E-state index in [4.69, 9.17) is 14.2 Å². The van der Waals surface area contributed by atoms with E-state index < -0.39 is 0 Å². The van der Waals surface area contributed by atoms with Crippen molar-refractivity contribution < 1.29 is 18.7 Å². The third-order valence-electron chi connectivity index (χ3n) is 7.06. The average Bonchev–Trinajstić information content (AvgIpc) is 2.78. The number of nitrogens with zero attached hydrogens (tertiary/aromatic N) is 1. The summed E-state index contributed by atoms with van der Waals surface area (Å²) >= 11 is 0. The van der Waals surface area contributed by atoms with Gasteiger partial charge in [0, 0.05) is 0 Å². The molecule has 1 aliphatic rings. The minimum absolute atomic E-state index is 0.0810. The highest BCUT2D eigenvalue weighted by molar-refractivity contribution is 4.74. The highest BCUT2D eigenvalue weighted by atomic mass is 16.7. The van der Waals surface area contributed by atoms with Gasteiger partial charge in [0.15, 0.2) is 6.29 Å². The molecule has 0 spiro atoms. The van der Waals surface area contributed by atoms with Gasteiger partial charge >= 0.3 is 0 Å². The molecule has 4 nitrogen and oxygen atoms in total. The molecule has 0 aromatic carbocycles. The van der Waals surface area contributed by atoms with Crippen LogP contribution < -0.4 is 0 Å². The molecule has 0 aliphatic heterocycles. The Balaban J connectivity index is 2.23. The van der Waals surface area contributed by atoms with Crippen LogP contribution >= 0.6 is 0 Å². The Hall–Kier alpha value is -0.160. The molecule has 0 aromatic heterocycles. The summed E-state index contributed by atoms with van der Waals surface area (Å²) in [6.45, 7) is 8.38. The van der Waals surface area contributed by atoms with Crippen LogP contribution in [-0.2, 0) is 14.2 Å². The third-order valence-corrected chi connectivity index (χ3v) is 7.06. The smallest absolute Gasteiger partial charge is 0.157 e. The number of unbranched alkanes of at least 4 members (excludes halogenated alkanes) is 6. The normalized spacial score (nSPS) is 17.5. The third kappa shape index (κ3) is 16.5. The van der Waals surface area contributed by atoms with Gasteiger partial charge in [0.25, 0.3) is 0 Å². The van der Waals surface area contributed by atoms with Crippen molar-refractivity contribution in [1.29, 1.82) is 0 Å². The second-order valence-corrected chi connectivity index (χ2v) is 11.1. The van der Waals surface area contributed by atoms with Gasteiger partial charge in [0.1, 0.15) is 6.54 Å². The summed E-state index contributed by atoms with van der Waals surface area (Å²) in [7, 11) is 6.57. The lowest BCUT2D eigenvalue weighted by Crippen LogP contribution is -2.37.